The van der Waals surface area contributed by atoms with Gasteiger partial charge in [0, 0.05) is 23.8 Å². The van der Waals surface area contributed by atoms with Gasteiger partial charge in [-0.05, 0) is 18.4 Å². The van der Waals surface area contributed by atoms with E-state index in [1.54, 1.807) is 43.1 Å². The zero-order valence-electron chi connectivity index (χ0n) is 12.4. The van der Waals surface area contributed by atoms with Crippen LogP contribution in [0.2, 0.25) is 0 Å². The number of hydrogen-bond donors (Lipinski definition) is 2. The Hall–Kier alpha value is -1.49. The minimum absolute atomic E-state index is 0.173. The molecule has 5 heteroatoms. The Labute approximate surface area is 124 Å². The van der Waals surface area contributed by atoms with E-state index in [1.165, 1.54) is 0 Å². The molecule has 0 heterocycles. The van der Waals surface area contributed by atoms with Gasteiger partial charge in [0.15, 0.2) is 0 Å². The first kappa shape index (κ1) is 16.6. The summed E-state index contributed by atoms with van der Waals surface area (Å²) in [6, 6.07) is 8.36. The third-order valence-corrected chi connectivity index (χ3v) is 4.15. The summed E-state index contributed by atoms with van der Waals surface area (Å²) in [5.41, 5.74) is 0.227. The molecule has 1 aromatic carbocycles. The van der Waals surface area contributed by atoms with E-state index < -0.39 is 6.04 Å². The van der Waals surface area contributed by atoms with Crippen LogP contribution < -0.4 is 10.6 Å². The fourth-order valence-electron chi connectivity index (χ4n) is 2.02. The van der Waals surface area contributed by atoms with Crippen molar-refractivity contribution in [2.45, 2.75) is 19.9 Å². The van der Waals surface area contributed by atoms with Gasteiger partial charge in [-0.3, -0.25) is 9.59 Å². The Morgan fingerprint density at radius 3 is 2.35 bits per heavy atom. The molecule has 0 aliphatic heterocycles. The van der Waals surface area contributed by atoms with Gasteiger partial charge in [-0.1, -0.05) is 32.0 Å². The molecule has 1 atom stereocenters. The third kappa shape index (κ3) is 4.27. The maximum atomic E-state index is 12.2. The number of rotatable bonds is 6. The number of thioether (sulfide) groups is 1. The highest BCUT2D eigenvalue weighted by Crippen LogP contribution is 2.25. The standard InChI is InChI=1S/C15H22N2O2S/c1-15(2,10-20-4)12(14(19)16-3)17-13(18)11-8-6-5-7-9-11/h5-9,12H,10H2,1-4H3,(H,16,19)(H,17,18)/t12-/m1/s1. The van der Waals surface area contributed by atoms with E-state index in [0.29, 0.717) is 5.56 Å². The van der Waals surface area contributed by atoms with Crippen LogP contribution >= 0.6 is 11.8 Å². The number of carbonyl (C=O) groups is 2. The molecule has 0 unspecified atom stereocenters. The second-order valence-corrected chi connectivity index (χ2v) is 6.17. The average molecular weight is 294 g/mol. The first-order valence-electron chi connectivity index (χ1n) is 6.49. The predicted molar refractivity (Wildman–Crippen MR) is 83.9 cm³/mol. The molecular weight excluding hydrogens is 272 g/mol. The Morgan fingerprint density at radius 1 is 1.25 bits per heavy atom. The lowest BCUT2D eigenvalue weighted by molar-refractivity contribution is -0.124. The fourth-order valence-corrected chi connectivity index (χ4v) is 2.93. The molecule has 0 spiro atoms. The van der Waals surface area contributed by atoms with Crippen molar-refractivity contribution >= 4 is 23.6 Å². The van der Waals surface area contributed by atoms with Crippen LogP contribution in [0.3, 0.4) is 0 Å². The summed E-state index contributed by atoms with van der Waals surface area (Å²) in [5.74, 6) is 0.377. The molecule has 0 saturated carbocycles. The normalized spacial score (nSPS) is 12.6. The summed E-state index contributed by atoms with van der Waals surface area (Å²) < 4.78 is 0. The molecule has 4 nitrogen and oxygen atoms in total. The zero-order valence-corrected chi connectivity index (χ0v) is 13.2. The fraction of sp³-hybridized carbons (Fsp3) is 0.467. The lowest BCUT2D eigenvalue weighted by Gasteiger charge is -2.33. The van der Waals surface area contributed by atoms with Crippen molar-refractivity contribution in [3.05, 3.63) is 35.9 Å². The van der Waals surface area contributed by atoms with Crippen LogP contribution in [0.15, 0.2) is 30.3 Å². The van der Waals surface area contributed by atoms with Crippen molar-refractivity contribution in [1.29, 1.82) is 0 Å². The Kier molecular flexibility index (Phi) is 6.07. The monoisotopic (exact) mass is 294 g/mol. The smallest absolute Gasteiger partial charge is 0.251 e. The minimum Gasteiger partial charge on any atom is -0.357 e. The highest BCUT2D eigenvalue weighted by atomic mass is 32.2. The van der Waals surface area contributed by atoms with Gasteiger partial charge in [0.05, 0.1) is 0 Å². The van der Waals surface area contributed by atoms with Crippen LogP contribution in [0.1, 0.15) is 24.2 Å². The predicted octanol–water partition coefficient (Wildman–Crippen LogP) is 1.92. The van der Waals surface area contributed by atoms with E-state index >= 15 is 0 Å². The van der Waals surface area contributed by atoms with Gasteiger partial charge in [0.1, 0.15) is 6.04 Å². The van der Waals surface area contributed by atoms with Crippen molar-refractivity contribution in [3.63, 3.8) is 0 Å². The summed E-state index contributed by atoms with van der Waals surface area (Å²) in [4.78, 5) is 24.3. The molecular formula is C15H22N2O2S. The van der Waals surface area contributed by atoms with E-state index in [4.69, 9.17) is 0 Å². The van der Waals surface area contributed by atoms with Crippen molar-refractivity contribution in [2.75, 3.05) is 19.1 Å². The Bertz CT molecular complexity index is 460. The number of hydrogen-bond acceptors (Lipinski definition) is 3. The van der Waals surface area contributed by atoms with Crippen LogP contribution in [0.4, 0.5) is 0 Å². The lowest BCUT2D eigenvalue weighted by atomic mass is 9.85. The van der Waals surface area contributed by atoms with Gasteiger partial charge < -0.3 is 10.6 Å². The molecule has 0 aliphatic carbocycles. The molecule has 0 fully saturated rings. The van der Waals surface area contributed by atoms with Gasteiger partial charge in [0.2, 0.25) is 5.91 Å². The topological polar surface area (TPSA) is 58.2 Å². The van der Waals surface area contributed by atoms with E-state index in [1.807, 2.05) is 26.2 Å². The van der Waals surface area contributed by atoms with Crippen LogP contribution in [0.5, 0.6) is 0 Å². The van der Waals surface area contributed by atoms with Gasteiger partial charge in [0.25, 0.3) is 5.91 Å². The molecule has 0 saturated heterocycles. The molecule has 0 aromatic heterocycles. The van der Waals surface area contributed by atoms with E-state index in [0.717, 1.165) is 5.75 Å². The quantitative estimate of drug-likeness (QED) is 0.843. The maximum absolute atomic E-state index is 12.2. The summed E-state index contributed by atoms with van der Waals surface area (Å²) >= 11 is 1.66. The number of carbonyl (C=O) groups excluding carboxylic acids is 2. The number of likely N-dealkylation sites (N-methyl/N-ethyl adjacent to an activating group) is 1. The van der Waals surface area contributed by atoms with Gasteiger partial charge in [-0.25, -0.2) is 0 Å². The molecule has 0 radical (unpaired) electrons. The molecule has 1 rings (SSSR count). The van der Waals surface area contributed by atoms with Crippen LogP contribution in [-0.2, 0) is 4.79 Å². The lowest BCUT2D eigenvalue weighted by Crippen LogP contribution is -2.54. The first-order chi connectivity index (χ1) is 9.42. The molecule has 0 aliphatic rings. The molecule has 2 amide bonds. The van der Waals surface area contributed by atoms with Crippen LogP contribution in [-0.4, -0.2) is 36.9 Å². The van der Waals surface area contributed by atoms with Gasteiger partial charge in [-0.15, -0.1) is 0 Å². The second kappa shape index (κ2) is 7.33. The van der Waals surface area contributed by atoms with Crippen molar-refractivity contribution in [2.24, 2.45) is 5.41 Å². The van der Waals surface area contributed by atoms with Gasteiger partial charge in [-0.2, -0.15) is 11.8 Å². The zero-order chi connectivity index (χ0) is 15.2. The maximum Gasteiger partial charge on any atom is 0.251 e. The van der Waals surface area contributed by atoms with E-state index in [2.05, 4.69) is 10.6 Å². The summed E-state index contributed by atoms with van der Waals surface area (Å²) in [5, 5.41) is 5.47. The van der Waals surface area contributed by atoms with Crippen LogP contribution in [0.25, 0.3) is 0 Å². The Morgan fingerprint density at radius 2 is 1.85 bits per heavy atom. The molecule has 1 aromatic rings. The highest BCUT2D eigenvalue weighted by Gasteiger charge is 2.35. The summed E-state index contributed by atoms with van der Waals surface area (Å²) in [7, 11) is 1.58. The molecule has 110 valence electrons. The average Bonchev–Trinajstić information content (AvgIpc) is 2.44. The third-order valence-electron chi connectivity index (χ3n) is 3.12. The van der Waals surface area contributed by atoms with Gasteiger partial charge >= 0.3 is 0 Å². The summed E-state index contributed by atoms with van der Waals surface area (Å²) in [6.45, 7) is 3.96. The summed E-state index contributed by atoms with van der Waals surface area (Å²) in [6.07, 6.45) is 1.99. The van der Waals surface area contributed by atoms with Crippen LogP contribution in [0, 0.1) is 5.41 Å². The first-order valence-corrected chi connectivity index (χ1v) is 7.88. The molecule has 0 bridgehead atoms. The molecule has 20 heavy (non-hydrogen) atoms. The number of amides is 2. The second-order valence-electron chi connectivity index (χ2n) is 5.31. The number of benzene rings is 1. The van der Waals surface area contributed by atoms with Crippen molar-refractivity contribution in [3.8, 4) is 0 Å². The van der Waals surface area contributed by atoms with E-state index in [9.17, 15) is 9.59 Å². The largest absolute Gasteiger partial charge is 0.357 e. The van der Waals surface area contributed by atoms with Crippen molar-refractivity contribution < 1.29 is 9.59 Å². The minimum atomic E-state index is -0.562. The van der Waals surface area contributed by atoms with E-state index in [-0.39, 0.29) is 17.2 Å². The Balaban J connectivity index is 2.91. The van der Waals surface area contributed by atoms with Crippen molar-refractivity contribution in [1.82, 2.24) is 10.6 Å². The SMILES string of the molecule is CNC(=O)[C@@H](NC(=O)c1ccccc1)C(C)(C)CSC. The number of nitrogens with one attached hydrogen (secondary N) is 2. The highest BCUT2D eigenvalue weighted by molar-refractivity contribution is 7.98. The molecule has 2 N–H and O–H groups in total.